The number of pyridine rings is 2. The lowest BCUT2D eigenvalue weighted by Crippen LogP contribution is -2.12. The largest absolute Gasteiger partial charge is 0.456 e. The summed E-state index contributed by atoms with van der Waals surface area (Å²) in [7, 11) is 1.76. The van der Waals surface area contributed by atoms with Crippen LogP contribution in [0.2, 0.25) is 0 Å². The maximum Gasteiger partial charge on any atom is 0.248 e. The molecular weight excluding hydrogens is 342 g/mol. The number of benzene rings is 1. The van der Waals surface area contributed by atoms with Gasteiger partial charge in [-0.1, -0.05) is 6.07 Å². The number of carbonyl (C=O) groups is 1. The number of carbonyl (C=O) groups excluding carboxylic acids is 1. The van der Waals surface area contributed by atoms with Gasteiger partial charge in [-0.3, -0.25) is 9.78 Å². The van der Waals surface area contributed by atoms with Gasteiger partial charge in [0.2, 0.25) is 5.91 Å². The van der Waals surface area contributed by atoms with Crippen molar-refractivity contribution in [3.8, 4) is 22.8 Å². The van der Waals surface area contributed by atoms with Gasteiger partial charge in [0.15, 0.2) is 0 Å². The zero-order valence-electron chi connectivity index (χ0n) is 15.0. The molecule has 1 aromatic carbocycles. The maximum absolute atomic E-state index is 11.4. The number of primary amides is 1. The predicted octanol–water partition coefficient (Wildman–Crippen LogP) is 3.38. The minimum atomic E-state index is -0.453. The highest BCUT2D eigenvalue weighted by atomic mass is 16.5. The Hall–Kier alpha value is -3.74. The Balaban J connectivity index is 1.89. The van der Waals surface area contributed by atoms with E-state index in [9.17, 15) is 4.79 Å². The monoisotopic (exact) mass is 361 g/mol. The van der Waals surface area contributed by atoms with Crippen LogP contribution in [0.4, 0.5) is 5.69 Å². The third-order valence-corrected chi connectivity index (χ3v) is 4.05. The molecule has 0 unspecified atom stereocenters. The van der Waals surface area contributed by atoms with Crippen LogP contribution in [-0.4, -0.2) is 29.1 Å². The number of anilines is 1. The highest BCUT2D eigenvalue weighted by Crippen LogP contribution is 2.28. The molecule has 2 heterocycles. The van der Waals surface area contributed by atoms with E-state index >= 15 is 0 Å². The van der Waals surface area contributed by atoms with E-state index in [2.05, 4.69) is 15.3 Å². The van der Waals surface area contributed by atoms with Crippen LogP contribution in [0, 0.1) is 12.3 Å². The fourth-order valence-corrected chi connectivity index (χ4v) is 2.70. The van der Waals surface area contributed by atoms with E-state index in [1.807, 2.05) is 19.1 Å². The predicted molar refractivity (Wildman–Crippen MR) is 105 cm³/mol. The number of nitrogens with one attached hydrogen (secondary N) is 2. The molecule has 7 heteroatoms. The molecule has 27 heavy (non-hydrogen) atoms. The molecule has 4 N–H and O–H groups in total. The summed E-state index contributed by atoms with van der Waals surface area (Å²) in [4.78, 5) is 20.0. The lowest BCUT2D eigenvalue weighted by Gasteiger charge is -2.10. The van der Waals surface area contributed by atoms with Crippen molar-refractivity contribution in [2.24, 2.45) is 5.73 Å². The summed E-state index contributed by atoms with van der Waals surface area (Å²) < 4.78 is 5.88. The normalized spacial score (nSPS) is 10.3. The van der Waals surface area contributed by atoms with Gasteiger partial charge in [-0.05, 0) is 30.7 Å². The van der Waals surface area contributed by atoms with E-state index in [1.54, 1.807) is 43.7 Å². The molecule has 1 amide bonds. The first kappa shape index (κ1) is 18.1. The van der Waals surface area contributed by atoms with E-state index in [0.717, 1.165) is 11.1 Å². The van der Waals surface area contributed by atoms with E-state index in [0.29, 0.717) is 34.1 Å². The highest BCUT2D eigenvalue weighted by Gasteiger charge is 2.09. The van der Waals surface area contributed by atoms with E-state index in [4.69, 9.17) is 15.9 Å². The first-order valence-corrected chi connectivity index (χ1v) is 8.25. The third kappa shape index (κ3) is 3.92. The first-order valence-electron chi connectivity index (χ1n) is 8.25. The van der Waals surface area contributed by atoms with Crippen LogP contribution < -0.4 is 15.8 Å². The van der Waals surface area contributed by atoms with Crippen molar-refractivity contribution in [3.05, 3.63) is 65.6 Å². The fraction of sp³-hybridized carbons (Fsp3) is 0.100. The molecule has 136 valence electrons. The second-order valence-electron chi connectivity index (χ2n) is 5.87. The van der Waals surface area contributed by atoms with Crippen molar-refractivity contribution in [2.75, 3.05) is 12.4 Å². The van der Waals surface area contributed by atoms with Crippen LogP contribution in [-0.2, 0) is 0 Å². The van der Waals surface area contributed by atoms with Crippen LogP contribution in [0.15, 0.2) is 48.8 Å². The molecule has 3 aromatic rings. The number of ether oxygens (including phenoxy) is 1. The molecule has 0 atom stereocenters. The Kier molecular flexibility index (Phi) is 5.12. The zero-order valence-corrected chi connectivity index (χ0v) is 15.0. The summed E-state index contributed by atoms with van der Waals surface area (Å²) in [6, 6.07) is 10.7. The molecule has 0 bridgehead atoms. The van der Waals surface area contributed by atoms with Gasteiger partial charge < -0.3 is 21.2 Å². The molecule has 7 nitrogen and oxygen atoms in total. The molecule has 0 saturated heterocycles. The van der Waals surface area contributed by atoms with E-state index in [1.165, 1.54) is 6.21 Å². The van der Waals surface area contributed by atoms with Gasteiger partial charge in [0.1, 0.15) is 17.2 Å². The second-order valence-corrected chi connectivity index (χ2v) is 5.87. The number of nitrogens with zero attached hydrogens (tertiary/aromatic N) is 2. The highest BCUT2D eigenvalue weighted by molar-refractivity contribution is 5.94. The van der Waals surface area contributed by atoms with Crippen LogP contribution in [0.25, 0.3) is 11.3 Å². The molecule has 0 aliphatic heterocycles. The number of hydrogen-bond donors (Lipinski definition) is 3. The Labute approximate surface area is 156 Å². The lowest BCUT2D eigenvalue weighted by molar-refractivity contribution is 0.0999. The molecule has 0 fully saturated rings. The summed E-state index contributed by atoms with van der Waals surface area (Å²) in [5.74, 6) is 0.691. The summed E-state index contributed by atoms with van der Waals surface area (Å²) >= 11 is 0. The van der Waals surface area contributed by atoms with Gasteiger partial charge in [0.05, 0.1) is 17.6 Å². The molecule has 3 rings (SSSR count). The fourth-order valence-electron chi connectivity index (χ4n) is 2.70. The van der Waals surface area contributed by atoms with Crippen molar-refractivity contribution in [1.29, 1.82) is 5.41 Å². The van der Waals surface area contributed by atoms with Crippen LogP contribution >= 0.6 is 0 Å². The van der Waals surface area contributed by atoms with Crippen molar-refractivity contribution < 1.29 is 9.53 Å². The van der Waals surface area contributed by atoms with Gasteiger partial charge in [0, 0.05) is 42.7 Å². The Morgan fingerprint density at radius 1 is 1.19 bits per heavy atom. The van der Waals surface area contributed by atoms with Crippen molar-refractivity contribution >= 4 is 17.8 Å². The maximum atomic E-state index is 11.4. The standard InChI is InChI=1S/C20H19N5O2/c1-12-7-13(3-4-16(12)20(22)26)17-8-14(5-6-24-17)27-15-9-18(23-2)19(10-21)25-11-15/h3-11,21,23H,1-2H3,(H2,22,26). The number of hydrogen-bond acceptors (Lipinski definition) is 6. The van der Waals surface area contributed by atoms with Crippen molar-refractivity contribution in [1.82, 2.24) is 9.97 Å². The van der Waals surface area contributed by atoms with Gasteiger partial charge in [-0.25, -0.2) is 4.98 Å². The lowest BCUT2D eigenvalue weighted by atomic mass is 10.0. The molecule has 0 aliphatic carbocycles. The second kappa shape index (κ2) is 7.65. The van der Waals surface area contributed by atoms with Crippen LogP contribution in [0.1, 0.15) is 21.6 Å². The van der Waals surface area contributed by atoms with Gasteiger partial charge in [-0.2, -0.15) is 0 Å². The third-order valence-electron chi connectivity index (χ3n) is 4.05. The summed E-state index contributed by atoms with van der Waals surface area (Å²) in [5.41, 5.74) is 9.44. The number of nitrogens with two attached hydrogens (primary N) is 1. The summed E-state index contributed by atoms with van der Waals surface area (Å²) in [5, 5.41) is 10.3. The van der Waals surface area contributed by atoms with Crippen molar-refractivity contribution in [3.63, 3.8) is 0 Å². The molecule has 0 spiro atoms. The minimum Gasteiger partial charge on any atom is -0.456 e. The van der Waals surface area contributed by atoms with E-state index in [-0.39, 0.29) is 0 Å². The molecular formula is C20H19N5O2. The van der Waals surface area contributed by atoms with Gasteiger partial charge in [0.25, 0.3) is 0 Å². The smallest absolute Gasteiger partial charge is 0.248 e. The van der Waals surface area contributed by atoms with Gasteiger partial charge in [-0.15, -0.1) is 0 Å². The summed E-state index contributed by atoms with van der Waals surface area (Å²) in [6.45, 7) is 1.83. The van der Waals surface area contributed by atoms with Crippen LogP contribution in [0.3, 0.4) is 0 Å². The first-order chi connectivity index (χ1) is 13.0. The minimum absolute atomic E-state index is 0.453. The van der Waals surface area contributed by atoms with Crippen LogP contribution in [0.5, 0.6) is 11.5 Å². The number of rotatable bonds is 6. The zero-order chi connectivity index (χ0) is 19.4. The number of aromatic nitrogens is 2. The van der Waals surface area contributed by atoms with Gasteiger partial charge >= 0.3 is 0 Å². The topological polar surface area (TPSA) is 114 Å². The number of aryl methyl sites for hydroxylation is 1. The van der Waals surface area contributed by atoms with Crippen molar-refractivity contribution in [2.45, 2.75) is 6.92 Å². The molecule has 0 aliphatic rings. The SMILES string of the molecule is CNc1cc(Oc2ccnc(-c3ccc(C(N)=O)c(C)c3)c2)cnc1C=N. The quantitative estimate of drug-likeness (QED) is 0.582. The van der Waals surface area contributed by atoms with E-state index < -0.39 is 5.91 Å². The summed E-state index contributed by atoms with van der Waals surface area (Å²) in [6.07, 6.45) is 4.39. The average Bonchev–Trinajstić information content (AvgIpc) is 2.67. The Bertz CT molecular complexity index is 1020. The number of amides is 1. The molecule has 0 saturated carbocycles. The molecule has 2 aromatic heterocycles. The Morgan fingerprint density at radius 3 is 2.67 bits per heavy atom. The average molecular weight is 361 g/mol. The Morgan fingerprint density at radius 2 is 2.00 bits per heavy atom. The molecule has 0 radical (unpaired) electrons.